The number of methoxy groups -OCH3 is 1. The van der Waals surface area contributed by atoms with Crippen molar-refractivity contribution < 1.29 is 14.3 Å². The number of benzene rings is 1. The second-order valence-electron chi connectivity index (χ2n) is 4.37. The quantitative estimate of drug-likeness (QED) is 0.785. The maximum absolute atomic E-state index is 11.9. The molecule has 0 saturated carbocycles. The van der Waals surface area contributed by atoms with E-state index >= 15 is 0 Å². The molecule has 0 radical (unpaired) electrons. The zero-order chi connectivity index (χ0) is 13.3. The summed E-state index contributed by atoms with van der Waals surface area (Å²) in [6.07, 6.45) is 0. The third-order valence-corrected chi connectivity index (χ3v) is 3.15. The molecule has 0 fully saturated rings. The number of carbonyl (C=O) groups is 2. The molecule has 0 aromatic heterocycles. The number of hydrogen-bond acceptors (Lipinski definition) is 4. The van der Waals surface area contributed by atoms with Crippen LogP contribution >= 0.6 is 0 Å². The molecule has 0 aliphatic carbocycles. The number of esters is 1. The van der Waals surface area contributed by atoms with E-state index < -0.39 is 6.04 Å². The third kappa shape index (κ3) is 2.09. The van der Waals surface area contributed by atoms with Crippen LogP contribution in [0.15, 0.2) is 12.1 Å². The molecule has 1 atom stereocenters. The van der Waals surface area contributed by atoms with Crippen LogP contribution in [0.4, 0.5) is 5.69 Å². The van der Waals surface area contributed by atoms with Crippen LogP contribution in [0.2, 0.25) is 0 Å². The van der Waals surface area contributed by atoms with E-state index in [1.54, 1.807) is 0 Å². The zero-order valence-corrected chi connectivity index (χ0v) is 10.7. The fraction of sp³-hybridized carbons (Fsp3) is 0.385. The van der Waals surface area contributed by atoms with Gasteiger partial charge in [-0.2, -0.15) is 0 Å². The van der Waals surface area contributed by atoms with Gasteiger partial charge < -0.3 is 10.1 Å². The van der Waals surface area contributed by atoms with Gasteiger partial charge >= 0.3 is 5.97 Å². The van der Waals surface area contributed by atoms with Gasteiger partial charge in [0.1, 0.15) is 6.04 Å². The molecule has 5 nitrogen and oxygen atoms in total. The molecular weight excluding hydrogens is 232 g/mol. The predicted molar refractivity (Wildman–Crippen MR) is 67.3 cm³/mol. The van der Waals surface area contributed by atoms with Crippen LogP contribution < -0.4 is 10.6 Å². The number of nitrogens with one attached hydrogen (secondary N) is 2. The second-order valence-corrected chi connectivity index (χ2v) is 4.37. The summed E-state index contributed by atoms with van der Waals surface area (Å²) in [4.78, 5) is 23.0. The molecule has 0 spiro atoms. The average Bonchev–Trinajstić information content (AvgIpc) is 2.69. The van der Waals surface area contributed by atoms with Crippen molar-refractivity contribution in [3.63, 3.8) is 0 Å². The number of anilines is 1. The lowest BCUT2D eigenvalue weighted by Gasteiger charge is -2.13. The predicted octanol–water partition coefficient (Wildman–Crippen LogP) is 1.06. The van der Waals surface area contributed by atoms with Gasteiger partial charge in [0.05, 0.1) is 13.7 Å². The maximum Gasteiger partial charge on any atom is 0.319 e. The van der Waals surface area contributed by atoms with E-state index in [1.165, 1.54) is 7.11 Å². The minimum atomic E-state index is -0.487. The minimum Gasteiger partial charge on any atom is -0.468 e. The Bertz CT molecular complexity index is 511. The molecule has 2 N–H and O–H groups in total. The summed E-state index contributed by atoms with van der Waals surface area (Å²) >= 11 is 0. The Kier molecular flexibility index (Phi) is 3.34. The number of aryl methyl sites for hydroxylation is 2. The van der Waals surface area contributed by atoms with Crippen LogP contribution in [0.5, 0.6) is 0 Å². The largest absolute Gasteiger partial charge is 0.468 e. The van der Waals surface area contributed by atoms with Gasteiger partial charge in [0.15, 0.2) is 0 Å². The third-order valence-electron chi connectivity index (χ3n) is 3.15. The number of hydrogen-bond donors (Lipinski definition) is 2. The van der Waals surface area contributed by atoms with Crippen molar-refractivity contribution in [1.29, 1.82) is 0 Å². The van der Waals surface area contributed by atoms with Crippen LogP contribution in [0.1, 0.15) is 22.7 Å². The summed E-state index contributed by atoms with van der Waals surface area (Å²) in [6.45, 7) is 3.91. The van der Waals surface area contributed by atoms with Gasteiger partial charge in [-0.15, -0.1) is 0 Å². The zero-order valence-electron chi connectivity index (χ0n) is 10.7. The molecule has 1 aromatic rings. The van der Waals surface area contributed by atoms with Gasteiger partial charge in [0.2, 0.25) is 5.91 Å². The Morgan fingerprint density at radius 1 is 1.39 bits per heavy atom. The molecule has 1 heterocycles. The molecule has 0 saturated heterocycles. The van der Waals surface area contributed by atoms with E-state index in [0.29, 0.717) is 0 Å². The molecule has 1 amide bonds. The van der Waals surface area contributed by atoms with Crippen molar-refractivity contribution in [3.8, 4) is 0 Å². The Morgan fingerprint density at radius 2 is 2.06 bits per heavy atom. The number of fused-ring (bicyclic) bond motifs is 1. The molecule has 1 aliphatic heterocycles. The summed E-state index contributed by atoms with van der Waals surface area (Å²) in [5, 5.41) is 5.76. The van der Waals surface area contributed by atoms with Crippen molar-refractivity contribution in [3.05, 3.63) is 28.8 Å². The van der Waals surface area contributed by atoms with E-state index in [0.717, 1.165) is 22.4 Å². The van der Waals surface area contributed by atoms with E-state index in [-0.39, 0.29) is 18.4 Å². The topological polar surface area (TPSA) is 67.4 Å². The highest BCUT2D eigenvalue weighted by molar-refractivity contribution is 6.04. The Labute approximate surface area is 106 Å². The van der Waals surface area contributed by atoms with Crippen LogP contribution in [-0.4, -0.2) is 25.5 Å². The molecule has 1 unspecified atom stereocenters. The number of amides is 1. The number of ether oxygens (including phenoxy) is 1. The molecular formula is C13H16N2O3. The first-order valence-corrected chi connectivity index (χ1v) is 5.75. The van der Waals surface area contributed by atoms with Gasteiger partial charge in [-0.25, -0.2) is 0 Å². The van der Waals surface area contributed by atoms with Gasteiger partial charge in [-0.1, -0.05) is 12.1 Å². The Hall–Kier alpha value is -1.88. The van der Waals surface area contributed by atoms with E-state index in [9.17, 15) is 9.59 Å². The van der Waals surface area contributed by atoms with Gasteiger partial charge in [-0.3, -0.25) is 14.9 Å². The van der Waals surface area contributed by atoms with E-state index in [1.807, 2.05) is 26.0 Å². The lowest BCUT2D eigenvalue weighted by atomic mass is 9.99. The van der Waals surface area contributed by atoms with Gasteiger partial charge in [-0.05, 0) is 25.0 Å². The SMILES string of the molecule is COC(=O)CNC1C(=O)Nc2c(C)ccc(C)c21. The number of carbonyl (C=O) groups excluding carboxylic acids is 2. The Balaban J connectivity index is 2.27. The molecule has 2 rings (SSSR count). The highest BCUT2D eigenvalue weighted by Crippen LogP contribution is 2.35. The summed E-state index contributed by atoms with van der Waals surface area (Å²) in [5.41, 5.74) is 3.81. The minimum absolute atomic E-state index is 0.0153. The first-order chi connectivity index (χ1) is 8.54. The van der Waals surface area contributed by atoms with E-state index in [2.05, 4.69) is 15.4 Å². The highest BCUT2D eigenvalue weighted by Gasteiger charge is 2.32. The highest BCUT2D eigenvalue weighted by atomic mass is 16.5. The summed E-state index contributed by atoms with van der Waals surface area (Å²) < 4.78 is 4.55. The smallest absolute Gasteiger partial charge is 0.319 e. The van der Waals surface area contributed by atoms with Crippen molar-refractivity contribution in [2.45, 2.75) is 19.9 Å². The van der Waals surface area contributed by atoms with E-state index in [4.69, 9.17) is 0 Å². The maximum atomic E-state index is 11.9. The normalized spacial score (nSPS) is 17.3. The first kappa shape index (κ1) is 12.6. The van der Waals surface area contributed by atoms with Crippen LogP contribution in [0, 0.1) is 13.8 Å². The number of rotatable bonds is 3. The molecule has 1 aliphatic rings. The molecule has 1 aromatic carbocycles. The summed E-state index contributed by atoms with van der Waals surface area (Å²) in [7, 11) is 1.32. The van der Waals surface area contributed by atoms with Crippen LogP contribution in [-0.2, 0) is 14.3 Å². The van der Waals surface area contributed by atoms with Crippen molar-refractivity contribution in [2.75, 3.05) is 19.0 Å². The fourth-order valence-corrected chi connectivity index (χ4v) is 2.15. The molecule has 0 bridgehead atoms. The summed E-state index contributed by atoms with van der Waals surface area (Å²) in [5.74, 6) is -0.521. The fourth-order valence-electron chi connectivity index (χ4n) is 2.15. The first-order valence-electron chi connectivity index (χ1n) is 5.75. The van der Waals surface area contributed by atoms with Gasteiger partial charge in [0.25, 0.3) is 0 Å². The Morgan fingerprint density at radius 3 is 2.72 bits per heavy atom. The molecule has 96 valence electrons. The lowest BCUT2D eigenvalue weighted by Crippen LogP contribution is -2.32. The van der Waals surface area contributed by atoms with Gasteiger partial charge in [0, 0.05) is 11.3 Å². The monoisotopic (exact) mass is 248 g/mol. The van der Waals surface area contributed by atoms with Crippen LogP contribution in [0.25, 0.3) is 0 Å². The van der Waals surface area contributed by atoms with Crippen LogP contribution in [0.3, 0.4) is 0 Å². The molecule has 5 heteroatoms. The van der Waals surface area contributed by atoms with Crippen molar-refractivity contribution in [1.82, 2.24) is 5.32 Å². The second kappa shape index (κ2) is 4.78. The molecule has 18 heavy (non-hydrogen) atoms. The lowest BCUT2D eigenvalue weighted by molar-refractivity contribution is -0.139. The van der Waals surface area contributed by atoms with Crippen molar-refractivity contribution >= 4 is 17.6 Å². The standard InChI is InChI=1S/C13H16N2O3/c1-7-4-5-8(2)11-10(7)12(13(17)15-11)14-6-9(16)18-3/h4-5,12,14H,6H2,1-3H3,(H,15,17). The van der Waals surface area contributed by atoms with Crippen molar-refractivity contribution in [2.24, 2.45) is 0 Å². The average molecular weight is 248 g/mol. The summed E-state index contributed by atoms with van der Waals surface area (Å²) in [6, 6.07) is 3.46.